The number of alkyl halides is 3. The Kier molecular flexibility index (Phi) is 2.75. The Morgan fingerprint density at radius 3 is 2.44 bits per heavy atom. The summed E-state index contributed by atoms with van der Waals surface area (Å²) in [6, 6.07) is 2.47. The first-order valence-corrected chi connectivity index (χ1v) is 5.00. The highest BCUT2D eigenvalue weighted by atomic mass is 19.4. The van der Waals surface area contributed by atoms with Gasteiger partial charge in [-0.3, -0.25) is 5.01 Å². The zero-order valence-corrected chi connectivity index (χ0v) is 8.83. The van der Waals surface area contributed by atoms with Crippen molar-refractivity contribution in [2.75, 3.05) is 25.1 Å². The summed E-state index contributed by atoms with van der Waals surface area (Å²) in [6.45, 7) is 1.71. The van der Waals surface area contributed by atoms with E-state index in [1.165, 1.54) is 6.07 Å². The van der Waals surface area contributed by atoms with Gasteiger partial charge in [0.05, 0.1) is 5.56 Å². The van der Waals surface area contributed by atoms with Gasteiger partial charge in [-0.25, -0.2) is 9.99 Å². The molecule has 0 radical (unpaired) electrons. The Hall–Kier alpha value is -1.30. The number of aromatic nitrogens is 1. The molecule has 1 aliphatic heterocycles. The van der Waals surface area contributed by atoms with Gasteiger partial charge in [-0.05, 0) is 18.6 Å². The number of anilines is 1. The van der Waals surface area contributed by atoms with Gasteiger partial charge in [-0.1, -0.05) is 0 Å². The minimum absolute atomic E-state index is 0.563. The first kappa shape index (κ1) is 11.2. The van der Waals surface area contributed by atoms with Crippen molar-refractivity contribution in [3.63, 3.8) is 0 Å². The smallest absolute Gasteiger partial charge is 0.290 e. The van der Waals surface area contributed by atoms with Gasteiger partial charge in [-0.15, -0.1) is 0 Å². The van der Waals surface area contributed by atoms with E-state index in [0.717, 1.165) is 31.8 Å². The van der Waals surface area contributed by atoms with Crippen LogP contribution in [-0.4, -0.2) is 30.1 Å². The van der Waals surface area contributed by atoms with E-state index in [4.69, 9.17) is 0 Å². The molecule has 0 unspecified atom stereocenters. The molecule has 0 spiro atoms. The second-order valence-corrected chi connectivity index (χ2v) is 3.76. The van der Waals surface area contributed by atoms with E-state index in [9.17, 15) is 13.2 Å². The average Bonchev–Trinajstić information content (AvgIpc) is 2.63. The fourth-order valence-electron chi connectivity index (χ4n) is 1.74. The molecule has 0 bridgehead atoms. The lowest BCUT2D eigenvalue weighted by Crippen LogP contribution is -2.33. The van der Waals surface area contributed by atoms with Crippen LogP contribution in [0.5, 0.6) is 0 Å². The molecule has 16 heavy (non-hydrogen) atoms. The fourth-order valence-corrected chi connectivity index (χ4v) is 1.74. The summed E-state index contributed by atoms with van der Waals surface area (Å²) < 4.78 is 36.9. The second kappa shape index (κ2) is 3.93. The van der Waals surface area contributed by atoms with Crippen molar-refractivity contribution in [2.24, 2.45) is 0 Å². The standard InChI is InChI=1S/C10H12F3N3/c1-15-5-2-6-16(15)9-4-3-8(7-14-9)10(11,12)13/h3-4,7H,2,5-6H2,1H3. The van der Waals surface area contributed by atoms with Crippen LogP contribution in [0.2, 0.25) is 0 Å². The first-order valence-electron chi connectivity index (χ1n) is 5.00. The number of hydrogen-bond donors (Lipinski definition) is 0. The molecule has 0 saturated carbocycles. The maximum absolute atomic E-state index is 12.3. The molecule has 2 heterocycles. The summed E-state index contributed by atoms with van der Waals surface area (Å²) in [7, 11) is 1.90. The van der Waals surface area contributed by atoms with Crippen LogP contribution in [0.25, 0.3) is 0 Å². The lowest BCUT2D eigenvalue weighted by atomic mass is 10.3. The van der Waals surface area contributed by atoms with E-state index in [0.29, 0.717) is 5.82 Å². The molecule has 0 N–H and O–H groups in total. The number of pyridine rings is 1. The van der Waals surface area contributed by atoms with Crippen molar-refractivity contribution in [3.8, 4) is 0 Å². The molecule has 0 atom stereocenters. The predicted molar refractivity (Wildman–Crippen MR) is 53.8 cm³/mol. The zero-order valence-electron chi connectivity index (χ0n) is 8.83. The van der Waals surface area contributed by atoms with Gasteiger partial charge in [0.15, 0.2) is 0 Å². The van der Waals surface area contributed by atoms with E-state index < -0.39 is 11.7 Å². The molecule has 3 nitrogen and oxygen atoms in total. The van der Waals surface area contributed by atoms with Gasteiger partial charge in [0.2, 0.25) is 0 Å². The molecule has 1 fully saturated rings. The SMILES string of the molecule is CN1CCCN1c1ccc(C(F)(F)F)cn1. The molecule has 0 aliphatic carbocycles. The van der Waals surface area contributed by atoms with E-state index in [1.54, 1.807) is 0 Å². The zero-order chi connectivity index (χ0) is 11.8. The van der Waals surface area contributed by atoms with Crippen LogP contribution in [0.4, 0.5) is 19.0 Å². The van der Waals surface area contributed by atoms with Crippen LogP contribution in [-0.2, 0) is 6.18 Å². The van der Waals surface area contributed by atoms with Crippen LogP contribution in [0.1, 0.15) is 12.0 Å². The van der Waals surface area contributed by atoms with Gasteiger partial charge in [0.1, 0.15) is 5.82 Å². The minimum atomic E-state index is -4.32. The van der Waals surface area contributed by atoms with Gasteiger partial charge in [-0.2, -0.15) is 13.2 Å². The van der Waals surface area contributed by atoms with Crippen molar-refractivity contribution in [3.05, 3.63) is 23.9 Å². The van der Waals surface area contributed by atoms with Crippen molar-refractivity contribution in [1.82, 2.24) is 9.99 Å². The van der Waals surface area contributed by atoms with Crippen molar-refractivity contribution in [1.29, 1.82) is 0 Å². The monoisotopic (exact) mass is 231 g/mol. The highest BCUT2D eigenvalue weighted by Gasteiger charge is 2.31. The molecule has 1 saturated heterocycles. The molecule has 0 amide bonds. The Labute approximate surface area is 91.5 Å². The molecule has 2 rings (SSSR count). The predicted octanol–water partition coefficient (Wildman–Crippen LogP) is 2.16. The summed E-state index contributed by atoms with van der Waals surface area (Å²) in [4.78, 5) is 3.84. The van der Waals surface area contributed by atoms with Crippen molar-refractivity contribution in [2.45, 2.75) is 12.6 Å². The number of rotatable bonds is 1. The molecule has 88 valence electrons. The quantitative estimate of drug-likeness (QED) is 0.738. The third kappa shape index (κ3) is 2.11. The summed E-state index contributed by atoms with van der Waals surface area (Å²) in [5.41, 5.74) is -0.710. The summed E-state index contributed by atoms with van der Waals surface area (Å²) in [5, 5.41) is 3.83. The maximum Gasteiger partial charge on any atom is 0.417 e. The van der Waals surface area contributed by atoms with E-state index in [-0.39, 0.29) is 0 Å². The lowest BCUT2D eigenvalue weighted by Gasteiger charge is -2.25. The van der Waals surface area contributed by atoms with Crippen LogP contribution >= 0.6 is 0 Å². The van der Waals surface area contributed by atoms with E-state index in [1.807, 2.05) is 17.1 Å². The van der Waals surface area contributed by atoms with Crippen LogP contribution < -0.4 is 5.01 Å². The number of hydrogen-bond acceptors (Lipinski definition) is 3. The average molecular weight is 231 g/mol. The number of halogens is 3. The van der Waals surface area contributed by atoms with Crippen LogP contribution in [0, 0.1) is 0 Å². The molecule has 0 aromatic carbocycles. The largest absolute Gasteiger partial charge is 0.417 e. The third-order valence-electron chi connectivity index (χ3n) is 2.60. The molecule has 6 heteroatoms. The van der Waals surface area contributed by atoms with E-state index in [2.05, 4.69) is 4.98 Å². The Morgan fingerprint density at radius 1 is 1.25 bits per heavy atom. The topological polar surface area (TPSA) is 19.4 Å². The minimum Gasteiger partial charge on any atom is -0.290 e. The maximum atomic E-state index is 12.3. The van der Waals surface area contributed by atoms with Gasteiger partial charge >= 0.3 is 6.18 Å². The molecular formula is C10H12F3N3. The third-order valence-corrected chi connectivity index (χ3v) is 2.60. The Bertz CT molecular complexity index is 361. The second-order valence-electron chi connectivity index (χ2n) is 3.76. The van der Waals surface area contributed by atoms with Crippen molar-refractivity contribution < 1.29 is 13.2 Å². The van der Waals surface area contributed by atoms with Gasteiger partial charge in [0.25, 0.3) is 0 Å². The molecular weight excluding hydrogens is 219 g/mol. The van der Waals surface area contributed by atoms with Crippen molar-refractivity contribution >= 4 is 5.82 Å². The molecule has 1 aromatic heterocycles. The summed E-state index contributed by atoms with van der Waals surface area (Å²) in [6.07, 6.45) is -2.44. The highest BCUT2D eigenvalue weighted by Crippen LogP contribution is 2.29. The van der Waals surface area contributed by atoms with Gasteiger partial charge < -0.3 is 0 Å². The summed E-state index contributed by atoms with van der Waals surface area (Å²) >= 11 is 0. The lowest BCUT2D eigenvalue weighted by molar-refractivity contribution is -0.137. The Morgan fingerprint density at radius 2 is 2.00 bits per heavy atom. The number of nitrogens with zero attached hydrogens (tertiary/aromatic N) is 3. The van der Waals surface area contributed by atoms with Crippen LogP contribution in [0.15, 0.2) is 18.3 Å². The van der Waals surface area contributed by atoms with Gasteiger partial charge in [0, 0.05) is 26.3 Å². The summed E-state index contributed by atoms with van der Waals surface area (Å²) in [5.74, 6) is 0.563. The number of hydrazine groups is 1. The normalized spacial score (nSPS) is 18.1. The molecule has 1 aliphatic rings. The highest BCUT2D eigenvalue weighted by molar-refractivity contribution is 5.39. The first-order chi connectivity index (χ1) is 7.48. The Balaban J connectivity index is 2.19. The molecule has 1 aromatic rings. The van der Waals surface area contributed by atoms with Crippen LogP contribution in [0.3, 0.4) is 0 Å². The van der Waals surface area contributed by atoms with E-state index >= 15 is 0 Å². The fraction of sp³-hybridized carbons (Fsp3) is 0.500.